The first-order chi connectivity index (χ1) is 18.8. The first kappa shape index (κ1) is 48.0. The van der Waals surface area contributed by atoms with E-state index in [0.29, 0.717) is 22.3 Å². The minimum absolute atomic E-state index is 0. The second-order valence-electron chi connectivity index (χ2n) is 8.78. The molecule has 4 N–H and O–H groups in total. The summed E-state index contributed by atoms with van der Waals surface area (Å²) in [5.74, 6) is -2.50. The first-order valence-corrected chi connectivity index (χ1v) is 12.1. The van der Waals surface area contributed by atoms with E-state index in [1.165, 1.54) is 0 Å². The maximum Gasteiger partial charge on any atom is 0.0796 e. The number of hydrogen-bond acceptors (Lipinski definition) is 4. The van der Waals surface area contributed by atoms with Gasteiger partial charge in [-0.15, -0.1) is 0 Å². The van der Waals surface area contributed by atoms with Crippen LogP contribution < -0.4 is 24.8 Å². The van der Waals surface area contributed by atoms with E-state index in [1.807, 2.05) is 76.2 Å². The number of hydrogen-bond donors (Lipinski definition) is 0. The van der Waals surface area contributed by atoms with Crippen LogP contribution in [0.25, 0.3) is 22.9 Å². The van der Waals surface area contributed by atoms with Crippen molar-refractivity contribution >= 4 is 23.6 Å². The Kier molecular flexibility index (Phi) is 27.7. The third kappa shape index (κ3) is 20.1. The monoisotopic (exact) mass is 966 g/mol. The molecule has 0 fully saturated rings. The van der Waals surface area contributed by atoms with E-state index in [-0.39, 0.29) is 76.5 Å². The summed E-state index contributed by atoms with van der Waals surface area (Å²) in [5, 5.41) is 0. The zero-order chi connectivity index (χ0) is 30.2. The van der Waals surface area contributed by atoms with Crippen molar-refractivity contribution in [1.82, 2.24) is 0 Å². The van der Waals surface area contributed by atoms with Gasteiger partial charge in [0.15, 0.2) is 0 Å². The van der Waals surface area contributed by atoms with E-state index in [2.05, 4.69) is 0 Å². The van der Waals surface area contributed by atoms with Crippen molar-refractivity contribution in [3.8, 4) is 0 Å². The summed E-state index contributed by atoms with van der Waals surface area (Å²) in [4.78, 5) is 41.7. The van der Waals surface area contributed by atoms with Gasteiger partial charge in [0, 0.05) is 51.7 Å². The summed E-state index contributed by atoms with van der Waals surface area (Å²) in [6.07, 6.45) is 0. The maximum atomic E-state index is 10.4. The molecule has 0 saturated carbocycles. The molecule has 232 valence electrons. The molecule has 4 rings (SSSR count). The molecule has 0 aliphatic heterocycles. The van der Waals surface area contributed by atoms with Crippen molar-refractivity contribution < 1.29 is 95.7 Å². The Bertz CT molecular complexity index is 1200. The minimum Gasteiger partial charge on any atom is -1.00 e. The average molecular weight is 965 g/mol. The van der Waals surface area contributed by atoms with Gasteiger partial charge in [-0.3, -0.25) is 0 Å². The summed E-state index contributed by atoms with van der Waals surface area (Å²) in [7, 11) is 0. The van der Waals surface area contributed by atoms with Crippen LogP contribution in [-0.2, 0) is 51.7 Å². The molecular weight excluding hydrogens is 932 g/mol. The summed E-state index contributed by atoms with van der Waals surface area (Å²) < 4.78 is 0. The second-order valence-corrected chi connectivity index (χ2v) is 8.78. The normalized spacial score (nSPS) is 8.45. The molecule has 0 spiro atoms. The van der Waals surface area contributed by atoms with Crippen LogP contribution in [0.4, 0.5) is 0 Å². The van der Waals surface area contributed by atoms with Crippen molar-refractivity contribution in [2.45, 2.75) is 27.7 Å². The minimum atomic E-state index is -0.625. The van der Waals surface area contributed by atoms with Gasteiger partial charge in [0.1, 0.15) is 0 Å². The zero-order valence-electron chi connectivity index (χ0n) is 24.6. The molecule has 12 heteroatoms. The van der Waals surface area contributed by atoms with E-state index >= 15 is 0 Å². The van der Waals surface area contributed by atoms with E-state index < -0.39 is 23.6 Å². The molecule has 0 radical (unpaired) electrons. The van der Waals surface area contributed by atoms with Crippen molar-refractivity contribution in [2.75, 3.05) is 0 Å². The second kappa shape index (κ2) is 25.4. The number of carbonyl (C=O) groups excluding carboxylic acids is 4. The topological polar surface area (TPSA) is 163 Å². The van der Waals surface area contributed by atoms with E-state index in [4.69, 9.17) is 22.9 Å². The van der Waals surface area contributed by atoms with Crippen molar-refractivity contribution in [3.05, 3.63) is 165 Å². The van der Waals surface area contributed by atoms with Crippen LogP contribution in [0.2, 0.25) is 0 Å². The predicted octanol–water partition coefficient (Wildman–Crippen LogP) is 2.75. The summed E-state index contributed by atoms with van der Waals surface area (Å²) in [5.41, 5.74) is 33.2. The number of amides is 4. The molecular formula is C32H32Cl2Hf2N4O4-6. The Labute approximate surface area is 309 Å². The van der Waals surface area contributed by atoms with E-state index in [9.17, 15) is 19.2 Å². The fourth-order valence-electron chi connectivity index (χ4n) is 2.82. The molecule has 4 amide bonds. The molecule has 44 heavy (non-hydrogen) atoms. The third-order valence-electron chi connectivity index (χ3n) is 5.26. The van der Waals surface area contributed by atoms with E-state index in [1.54, 1.807) is 48.5 Å². The van der Waals surface area contributed by atoms with Crippen LogP contribution >= 0.6 is 0 Å². The van der Waals surface area contributed by atoms with E-state index in [0.717, 1.165) is 22.3 Å². The molecule has 0 aliphatic rings. The number of benzene rings is 4. The molecule has 0 bridgehead atoms. The molecule has 0 aliphatic carbocycles. The van der Waals surface area contributed by atoms with Crippen LogP contribution in [0.5, 0.6) is 0 Å². The maximum absolute atomic E-state index is 10.4. The molecule has 0 atom stereocenters. The van der Waals surface area contributed by atoms with Gasteiger partial charge in [-0.25, -0.2) is 0 Å². The standard InChI is InChI=1S/4C8H9NO.2ClH.2Hf/c4*1-6-2-4-7(5-3-6)8(9)10;;;;/h4*2-5H,1H3,(H2,9,10);2*1H;;/p-6. The quantitative estimate of drug-likeness (QED) is 0.288. The van der Waals surface area contributed by atoms with Gasteiger partial charge in [-0.2, -0.15) is 0 Å². The van der Waals surface area contributed by atoms with Gasteiger partial charge in [0.05, 0.1) is 23.6 Å². The average Bonchev–Trinajstić information content (AvgIpc) is 2.91. The van der Waals surface area contributed by atoms with Crippen molar-refractivity contribution in [3.63, 3.8) is 0 Å². The van der Waals surface area contributed by atoms with Crippen molar-refractivity contribution in [1.29, 1.82) is 0 Å². The van der Waals surface area contributed by atoms with Crippen molar-refractivity contribution in [2.24, 2.45) is 0 Å². The number of halogens is 2. The molecule has 0 aromatic heterocycles. The van der Waals surface area contributed by atoms with Crippen LogP contribution in [0.3, 0.4) is 0 Å². The fourth-order valence-corrected chi connectivity index (χ4v) is 2.82. The third-order valence-corrected chi connectivity index (χ3v) is 5.26. The predicted molar refractivity (Wildman–Crippen MR) is 159 cm³/mol. The summed E-state index contributed by atoms with van der Waals surface area (Å²) in [6, 6.07) is 27.8. The van der Waals surface area contributed by atoms with Crippen LogP contribution in [0.1, 0.15) is 63.7 Å². The summed E-state index contributed by atoms with van der Waals surface area (Å²) >= 11 is 0. The first-order valence-electron chi connectivity index (χ1n) is 12.1. The van der Waals surface area contributed by atoms with Crippen LogP contribution in [-0.4, -0.2) is 23.6 Å². The van der Waals surface area contributed by atoms with Crippen LogP contribution in [0, 0.1) is 27.7 Å². The Balaban J connectivity index is -0.000000235. The molecule has 0 unspecified atom stereocenters. The van der Waals surface area contributed by atoms with Gasteiger partial charge in [0.2, 0.25) is 0 Å². The Hall–Kier alpha value is -2.92. The van der Waals surface area contributed by atoms with Crippen LogP contribution in [0.15, 0.2) is 97.1 Å². The Morgan fingerprint density at radius 2 is 0.455 bits per heavy atom. The number of aryl methyl sites for hydroxylation is 4. The van der Waals surface area contributed by atoms with Gasteiger partial charge in [0.25, 0.3) is 0 Å². The largest absolute Gasteiger partial charge is 1.00 e. The van der Waals surface area contributed by atoms with Gasteiger partial charge in [-0.1, -0.05) is 119 Å². The number of nitrogens with one attached hydrogen (secondary N) is 4. The fraction of sp³-hybridized carbons (Fsp3) is 0.125. The number of rotatable bonds is 4. The van der Waals surface area contributed by atoms with Gasteiger partial charge >= 0.3 is 0 Å². The van der Waals surface area contributed by atoms with Gasteiger partial charge in [-0.05, 0) is 49.9 Å². The summed E-state index contributed by atoms with van der Waals surface area (Å²) in [6.45, 7) is 7.77. The molecule has 4 aromatic carbocycles. The van der Waals surface area contributed by atoms with Gasteiger partial charge < -0.3 is 66.9 Å². The zero-order valence-corrected chi connectivity index (χ0v) is 33.3. The molecule has 0 heterocycles. The molecule has 0 saturated heterocycles. The molecule has 4 aromatic rings. The SMILES string of the molecule is Cc1ccc(C([NH-])=O)cc1.Cc1ccc(C([NH-])=O)cc1.Cc1ccc(C([NH-])=O)cc1.Cc1ccc(C([NH-])=O)cc1.[Cl-].[Cl-].[Hf].[Hf]. The Morgan fingerprint density at radius 1 is 0.341 bits per heavy atom. The number of carbonyl (C=O) groups is 4. The molecule has 8 nitrogen and oxygen atoms in total. The Morgan fingerprint density at radius 3 is 0.545 bits per heavy atom. The smallest absolute Gasteiger partial charge is 0.0796 e.